The van der Waals surface area contributed by atoms with Gasteiger partial charge >= 0.3 is 0 Å². The zero-order valence-electron chi connectivity index (χ0n) is 12.4. The molecule has 0 atom stereocenters. The van der Waals surface area contributed by atoms with Crippen LogP contribution in [0.1, 0.15) is 27.2 Å². The smallest absolute Gasteiger partial charge is 0.272 e. The number of fused-ring (bicyclic) bond motifs is 1. The van der Waals surface area contributed by atoms with Gasteiger partial charge in [-0.2, -0.15) is 0 Å². The van der Waals surface area contributed by atoms with Crippen LogP contribution in [0, 0.1) is 20.8 Å². The van der Waals surface area contributed by atoms with Gasteiger partial charge in [0.15, 0.2) is 0 Å². The Bertz CT molecular complexity index is 810. The molecule has 2 N–H and O–H groups in total. The highest BCUT2D eigenvalue weighted by Crippen LogP contribution is 2.22. The van der Waals surface area contributed by atoms with E-state index in [4.69, 9.17) is 0 Å². The average Bonchev–Trinajstić information content (AvgIpc) is 2.88. The van der Waals surface area contributed by atoms with Gasteiger partial charge in [0.05, 0.1) is 0 Å². The Balaban J connectivity index is 1.96. The molecule has 0 fully saturated rings. The minimum Gasteiger partial charge on any atom is -0.351 e. The minimum absolute atomic E-state index is 0.108. The van der Waals surface area contributed by atoms with Crippen molar-refractivity contribution in [2.24, 2.45) is 0 Å². The fourth-order valence-corrected chi connectivity index (χ4v) is 2.62. The molecule has 21 heavy (non-hydrogen) atoms. The molecule has 0 aliphatic heterocycles. The molecular formula is C18H18N2O. The van der Waals surface area contributed by atoms with Gasteiger partial charge in [-0.1, -0.05) is 30.3 Å². The Morgan fingerprint density at radius 1 is 0.952 bits per heavy atom. The van der Waals surface area contributed by atoms with Crippen LogP contribution in [0.15, 0.2) is 42.5 Å². The van der Waals surface area contributed by atoms with Gasteiger partial charge in [-0.15, -0.1) is 0 Å². The maximum Gasteiger partial charge on any atom is 0.272 e. The predicted octanol–water partition coefficient (Wildman–Crippen LogP) is 4.35. The predicted molar refractivity (Wildman–Crippen MR) is 86.9 cm³/mol. The maximum absolute atomic E-state index is 12.5. The molecule has 1 amide bonds. The van der Waals surface area contributed by atoms with Gasteiger partial charge in [-0.05, 0) is 49.6 Å². The quantitative estimate of drug-likeness (QED) is 0.719. The molecular weight excluding hydrogens is 260 g/mol. The lowest BCUT2D eigenvalue weighted by molar-refractivity contribution is 0.102. The highest BCUT2D eigenvalue weighted by Gasteiger charge is 2.12. The summed E-state index contributed by atoms with van der Waals surface area (Å²) in [5.41, 5.74) is 5.75. The van der Waals surface area contributed by atoms with Gasteiger partial charge < -0.3 is 10.3 Å². The molecule has 1 heterocycles. The van der Waals surface area contributed by atoms with Crippen molar-refractivity contribution < 1.29 is 4.79 Å². The third-order valence-corrected chi connectivity index (χ3v) is 3.85. The number of carbonyl (C=O) groups is 1. The van der Waals surface area contributed by atoms with E-state index in [0.29, 0.717) is 5.69 Å². The van der Waals surface area contributed by atoms with E-state index < -0.39 is 0 Å². The minimum atomic E-state index is -0.108. The number of para-hydroxylation sites is 1. The summed E-state index contributed by atoms with van der Waals surface area (Å²) in [7, 11) is 0. The topological polar surface area (TPSA) is 44.9 Å². The second kappa shape index (κ2) is 5.09. The Labute approximate surface area is 124 Å². The summed E-state index contributed by atoms with van der Waals surface area (Å²) in [6, 6.07) is 13.9. The molecule has 0 aliphatic rings. The summed E-state index contributed by atoms with van der Waals surface area (Å²) in [6.45, 7) is 6.04. The van der Waals surface area contributed by atoms with E-state index in [0.717, 1.165) is 33.3 Å². The number of rotatable bonds is 2. The molecule has 1 aromatic heterocycles. The van der Waals surface area contributed by atoms with Crippen molar-refractivity contribution in [1.82, 2.24) is 4.98 Å². The van der Waals surface area contributed by atoms with Gasteiger partial charge in [0, 0.05) is 16.6 Å². The third kappa shape index (κ3) is 2.42. The van der Waals surface area contributed by atoms with E-state index in [1.54, 1.807) is 0 Å². The molecule has 0 bridgehead atoms. The number of aryl methyl sites for hydroxylation is 3. The van der Waals surface area contributed by atoms with E-state index in [2.05, 4.69) is 10.3 Å². The maximum atomic E-state index is 12.5. The zero-order chi connectivity index (χ0) is 15.0. The number of benzene rings is 2. The number of nitrogens with one attached hydrogen (secondary N) is 2. The lowest BCUT2D eigenvalue weighted by Crippen LogP contribution is -2.14. The van der Waals surface area contributed by atoms with Crippen LogP contribution in [-0.2, 0) is 0 Å². The third-order valence-electron chi connectivity index (χ3n) is 3.85. The number of hydrogen-bond acceptors (Lipinski definition) is 1. The van der Waals surface area contributed by atoms with Crippen LogP contribution in [0.5, 0.6) is 0 Å². The summed E-state index contributed by atoms with van der Waals surface area (Å²) in [5.74, 6) is -0.108. The van der Waals surface area contributed by atoms with Gasteiger partial charge in [0.25, 0.3) is 5.91 Å². The Kier molecular flexibility index (Phi) is 3.26. The van der Waals surface area contributed by atoms with Crippen molar-refractivity contribution in [3.05, 3.63) is 64.8 Å². The van der Waals surface area contributed by atoms with Crippen LogP contribution in [0.25, 0.3) is 10.9 Å². The molecule has 0 radical (unpaired) electrons. The van der Waals surface area contributed by atoms with Crippen molar-refractivity contribution in [2.45, 2.75) is 20.8 Å². The van der Waals surface area contributed by atoms with Crippen molar-refractivity contribution in [1.29, 1.82) is 0 Å². The first kappa shape index (κ1) is 13.4. The highest BCUT2D eigenvalue weighted by molar-refractivity contribution is 6.06. The number of H-pyrrole nitrogens is 1. The summed E-state index contributed by atoms with van der Waals surface area (Å²) >= 11 is 0. The van der Waals surface area contributed by atoms with Crippen molar-refractivity contribution in [3.63, 3.8) is 0 Å². The first-order chi connectivity index (χ1) is 10.1. The van der Waals surface area contributed by atoms with E-state index in [-0.39, 0.29) is 5.91 Å². The van der Waals surface area contributed by atoms with Crippen LogP contribution >= 0.6 is 0 Å². The number of aromatic nitrogens is 1. The zero-order valence-corrected chi connectivity index (χ0v) is 12.4. The van der Waals surface area contributed by atoms with Gasteiger partial charge in [-0.3, -0.25) is 4.79 Å². The second-order valence-corrected chi connectivity index (χ2v) is 5.44. The molecule has 3 heteroatoms. The molecule has 0 saturated carbocycles. The SMILES string of the molecule is Cc1cccc(C)c1NC(=O)c1cc2c(C)cccc2[nH]1. The number of anilines is 1. The summed E-state index contributed by atoms with van der Waals surface area (Å²) in [4.78, 5) is 15.6. The molecule has 0 saturated heterocycles. The first-order valence-electron chi connectivity index (χ1n) is 7.02. The van der Waals surface area contributed by atoms with E-state index in [9.17, 15) is 4.79 Å². The number of hydrogen-bond donors (Lipinski definition) is 2. The molecule has 2 aromatic carbocycles. The standard InChI is InChI=1S/C18H18N2O/c1-11-6-5-9-15-14(11)10-16(19-15)18(21)20-17-12(2)7-4-8-13(17)3/h4-10,19H,1-3H3,(H,20,21). The van der Waals surface area contributed by atoms with Crippen molar-refractivity contribution in [2.75, 3.05) is 5.32 Å². The summed E-state index contributed by atoms with van der Waals surface area (Å²) in [6.07, 6.45) is 0. The van der Waals surface area contributed by atoms with Crippen LogP contribution < -0.4 is 5.32 Å². The lowest BCUT2D eigenvalue weighted by Gasteiger charge is -2.10. The molecule has 3 aromatic rings. The highest BCUT2D eigenvalue weighted by atomic mass is 16.1. The normalized spacial score (nSPS) is 10.8. The van der Waals surface area contributed by atoms with Gasteiger partial charge in [-0.25, -0.2) is 0 Å². The van der Waals surface area contributed by atoms with Crippen LogP contribution in [-0.4, -0.2) is 10.9 Å². The second-order valence-electron chi connectivity index (χ2n) is 5.44. The van der Waals surface area contributed by atoms with E-state index >= 15 is 0 Å². The first-order valence-corrected chi connectivity index (χ1v) is 7.02. The van der Waals surface area contributed by atoms with Crippen LogP contribution in [0.2, 0.25) is 0 Å². The lowest BCUT2D eigenvalue weighted by atomic mass is 10.1. The van der Waals surface area contributed by atoms with Crippen LogP contribution in [0.3, 0.4) is 0 Å². The summed E-state index contributed by atoms with van der Waals surface area (Å²) < 4.78 is 0. The molecule has 3 rings (SSSR count). The fourth-order valence-electron chi connectivity index (χ4n) is 2.62. The molecule has 106 valence electrons. The molecule has 0 unspecified atom stereocenters. The fraction of sp³-hybridized carbons (Fsp3) is 0.167. The van der Waals surface area contributed by atoms with E-state index in [1.165, 1.54) is 0 Å². The van der Waals surface area contributed by atoms with Gasteiger partial charge in [0.2, 0.25) is 0 Å². The number of aromatic amines is 1. The monoisotopic (exact) mass is 278 g/mol. The van der Waals surface area contributed by atoms with Crippen molar-refractivity contribution >= 4 is 22.5 Å². The largest absolute Gasteiger partial charge is 0.351 e. The van der Waals surface area contributed by atoms with Gasteiger partial charge in [0.1, 0.15) is 5.69 Å². The Hall–Kier alpha value is -2.55. The molecule has 0 spiro atoms. The number of amides is 1. The Morgan fingerprint density at radius 2 is 1.57 bits per heavy atom. The van der Waals surface area contributed by atoms with Crippen molar-refractivity contribution in [3.8, 4) is 0 Å². The Morgan fingerprint density at radius 3 is 2.24 bits per heavy atom. The number of carbonyl (C=O) groups excluding carboxylic acids is 1. The molecule has 3 nitrogen and oxygen atoms in total. The average molecular weight is 278 g/mol. The van der Waals surface area contributed by atoms with E-state index in [1.807, 2.05) is 63.2 Å². The summed E-state index contributed by atoms with van der Waals surface area (Å²) in [5, 5.41) is 4.09. The van der Waals surface area contributed by atoms with Crippen LogP contribution in [0.4, 0.5) is 5.69 Å². The molecule has 0 aliphatic carbocycles.